The number of nitrogens with zero attached hydrogens (tertiary/aromatic N) is 1. The van der Waals surface area contributed by atoms with Crippen LogP contribution in [0.2, 0.25) is 5.02 Å². The highest BCUT2D eigenvalue weighted by Gasteiger charge is 2.36. The first-order valence-electron chi connectivity index (χ1n) is 5.13. The summed E-state index contributed by atoms with van der Waals surface area (Å²) in [6, 6.07) is 6.03. The van der Waals surface area contributed by atoms with Crippen molar-refractivity contribution in [3.8, 4) is 0 Å². The molecule has 0 saturated carbocycles. The first-order chi connectivity index (χ1) is 6.89. The van der Waals surface area contributed by atoms with Crippen molar-refractivity contribution in [3.05, 3.63) is 28.8 Å². The molecule has 82 valence electrons. The predicted octanol–water partition coefficient (Wildman–Crippen LogP) is 2.47. The van der Waals surface area contributed by atoms with Crippen molar-refractivity contribution in [1.82, 2.24) is 0 Å². The molecule has 15 heavy (non-hydrogen) atoms. The fourth-order valence-electron chi connectivity index (χ4n) is 2.30. The van der Waals surface area contributed by atoms with Crippen LogP contribution in [0, 0.1) is 0 Å². The molecule has 0 aromatic heterocycles. The molecular weight excluding hydrogens is 210 g/mol. The van der Waals surface area contributed by atoms with Crippen LogP contribution in [0.25, 0.3) is 0 Å². The van der Waals surface area contributed by atoms with E-state index >= 15 is 0 Å². The SMILES string of the molecule is CN1c2ccc(Cl)cc2CC1C(C)(C)O. The van der Waals surface area contributed by atoms with Gasteiger partial charge in [0.1, 0.15) is 0 Å². The molecule has 1 aromatic rings. The van der Waals surface area contributed by atoms with Gasteiger partial charge in [-0.1, -0.05) is 11.6 Å². The lowest BCUT2D eigenvalue weighted by atomic mass is 9.95. The molecule has 0 radical (unpaired) electrons. The second-order valence-electron chi connectivity index (χ2n) is 4.76. The summed E-state index contributed by atoms with van der Waals surface area (Å²) in [5, 5.41) is 10.8. The predicted molar refractivity (Wildman–Crippen MR) is 63.6 cm³/mol. The molecule has 0 amide bonds. The van der Waals surface area contributed by atoms with Crippen LogP contribution in [-0.4, -0.2) is 23.8 Å². The number of halogens is 1. The Morgan fingerprint density at radius 2 is 2.13 bits per heavy atom. The van der Waals surface area contributed by atoms with Gasteiger partial charge < -0.3 is 10.0 Å². The van der Waals surface area contributed by atoms with Crippen LogP contribution in [0.5, 0.6) is 0 Å². The molecule has 3 heteroatoms. The maximum atomic E-state index is 10.1. The largest absolute Gasteiger partial charge is 0.388 e. The first-order valence-corrected chi connectivity index (χ1v) is 5.51. The standard InChI is InChI=1S/C12H16ClNO/c1-12(2,15)11-7-8-6-9(13)4-5-10(8)14(11)3/h4-6,11,15H,7H2,1-3H3. The monoisotopic (exact) mass is 225 g/mol. The zero-order valence-electron chi connectivity index (χ0n) is 9.29. The van der Waals surface area contributed by atoms with E-state index in [9.17, 15) is 5.11 Å². The van der Waals surface area contributed by atoms with Crippen LogP contribution in [0.4, 0.5) is 5.69 Å². The van der Waals surface area contributed by atoms with Crippen molar-refractivity contribution < 1.29 is 5.11 Å². The van der Waals surface area contributed by atoms with Crippen LogP contribution < -0.4 is 4.90 Å². The number of likely N-dealkylation sites (N-methyl/N-ethyl adjacent to an activating group) is 1. The van der Waals surface area contributed by atoms with E-state index in [0.29, 0.717) is 0 Å². The summed E-state index contributed by atoms with van der Waals surface area (Å²) in [5.74, 6) is 0. The molecule has 0 saturated heterocycles. The van der Waals surface area contributed by atoms with Crippen molar-refractivity contribution in [3.63, 3.8) is 0 Å². The topological polar surface area (TPSA) is 23.5 Å². The fourth-order valence-corrected chi connectivity index (χ4v) is 2.49. The maximum absolute atomic E-state index is 10.1. The molecule has 1 atom stereocenters. The Labute approximate surface area is 95.5 Å². The summed E-state index contributed by atoms with van der Waals surface area (Å²) in [6.45, 7) is 3.70. The molecular formula is C12H16ClNO. The van der Waals surface area contributed by atoms with Crippen LogP contribution in [0.3, 0.4) is 0 Å². The molecule has 2 rings (SSSR count). The Morgan fingerprint density at radius 1 is 1.47 bits per heavy atom. The van der Waals surface area contributed by atoms with Gasteiger partial charge in [0.05, 0.1) is 11.6 Å². The minimum absolute atomic E-state index is 0.131. The van der Waals surface area contributed by atoms with Gasteiger partial charge in [-0.25, -0.2) is 0 Å². The average molecular weight is 226 g/mol. The number of hydrogen-bond acceptors (Lipinski definition) is 2. The van der Waals surface area contributed by atoms with E-state index < -0.39 is 5.60 Å². The maximum Gasteiger partial charge on any atom is 0.0797 e. The van der Waals surface area contributed by atoms with Gasteiger partial charge in [0.25, 0.3) is 0 Å². The molecule has 0 fully saturated rings. The van der Waals surface area contributed by atoms with Gasteiger partial charge in [-0.2, -0.15) is 0 Å². The molecule has 1 N–H and O–H groups in total. The Morgan fingerprint density at radius 3 is 2.73 bits per heavy atom. The summed E-state index contributed by atoms with van der Waals surface area (Å²) < 4.78 is 0. The molecule has 1 aliphatic heterocycles. The summed E-state index contributed by atoms with van der Waals surface area (Å²) in [4.78, 5) is 2.13. The average Bonchev–Trinajstić information content (AvgIpc) is 2.42. The third-order valence-electron chi connectivity index (χ3n) is 3.12. The smallest absolute Gasteiger partial charge is 0.0797 e. The lowest BCUT2D eigenvalue weighted by molar-refractivity contribution is 0.0533. The van der Waals surface area contributed by atoms with E-state index in [0.717, 1.165) is 11.4 Å². The van der Waals surface area contributed by atoms with Crippen molar-refractivity contribution in [1.29, 1.82) is 0 Å². The van der Waals surface area contributed by atoms with E-state index in [1.165, 1.54) is 11.3 Å². The van der Waals surface area contributed by atoms with Crippen LogP contribution >= 0.6 is 11.6 Å². The minimum atomic E-state index is -0.694. The van der Waals surface area contributed by atoms with Gasteiger partial charge in [0, 0.05) is 17.8 Å². The number of benzene rings is 1. The number of hydrogen-bond donors (Lipinski definition) is 1. The lowest BCUT2D eigenvalue weighted by Gasteiger charge is -2.32. The summed E-state index contributed by atoms with van der Waals surface area (Å²) >= 11 is 5.95. The van der Waals surface area contributed by atoms with Crippen molar-refractivity contribution >= 4 is 17.3 Å². The van der Waals surface area contributed by atoms with E-state index in [-0.39, 0.29) is 6.04 Å². The third kappa shape index (κ3) is 1.84. The number of anilines is 1. The summed E-state index contributed by atoms with van der Waals surface area (Å²) in [6.07, 6.45) is 0.857. The highest BCUT2D eigenvalue weighted by atomic mass is 35.5. The van der Waals surface area contributed by atoms with Crippen molar-refractivity contribution in [2.24, 2.45) is 0 Å². The zero-order chi connectivity index (χ0) is 11.2. The minimum Gasteiger partial charge on any atom is -0.388 e. The van der Waals surface area contributed by atoms with Gasteiger partial charge >= 0.3 is 0 Å². The van der Waals surface area contributed by atoms with Gasteiger partial charge in [0.2, 0.25) is 0 Å². The van der Waals surface area contributed by atoms with Gasteiger partial charge in [-0.15, -0.1) is 0 Å². The summed E-state index contributed by atoms with van der Waals surface area (Å²) in [5.41, 5.74) is 1.70. The molecule has 0 spiro atoms. The van der Waals surface area contributed by atoms with Crippen LogP contribution in [0.15, 0.2) is 18.2 Å². The van der Waals surface area contributed by atoms with E-state index in [1.54, 1.807) is 0 Å². The molecule has 0 aliphatic carbocycles. The van der Waals surface area contributed by atoms with E-state index in [4.69, 9.17) is 11.6 Å². The third-order valence-corrected chi connectivity index (χ3v) is 3.35. The van der Waals surface area contributed by atoms with E-state index in [1.807, 2.05) is 39.1 Å². The lowest BCUT2D eigenvalue weighted by Crippen LogP contribution is -2.46. The van der Waals surface area contributed by atoms with Crippen molar-refractivity contribution in [2.45, 2.75) is 31.9 Å². The summed E-state index contributed by atoms with van der Waals surface area (Å²) in [7, 11) is 2.02. The first kappa shape index (κ1) is 10.8. The highest BCUT2D eigenvalue weighted by molar-refractivity contribution is 6.30. The van der Waals surface area contributed by atoms with E-state index in [2.05, 4.69) is 4.90 Å². The van der Waals surface area contributed by atoms with Gasteiger partial charge in [-0.05, 0) is 44.0 Å². The molecule has 1 heterocycles. The molecule has 2 nitrogen and oxygen atoms in total. The molecule has 0 bridgehead atoms. The van der Waals surface area contributed by atoms with Gasteiger partial charge in [0.15, 0.2) is 0 Å². The Hall–Kier alpha value is -0.730. The van der Waals surface area contributed by atoms with Gasteiger partial charge in [-0.3, -0.25) is 0 Å². The number of rotatable bonds is 1. The Balaban J connectivity index is 2.37. The van der Waals surface area contributed by atoms with Crippen LogP contribution in [-0.2, 0) is 6.42 Å². The number of fused-ring (bicyclic) bond motifs is 1. The van der Waals surface area contributed by atoms with Crippen LogP contribution in [0.1, 0.15) is 19.4 Å². The zero-order valence-corrected chi connectivity index (χ0v) is 10.0. The quantitative estimate of drug-likeness (QED) is 0.794. The second kappa shape index (κ2) is 3.39. The fraction of sp³-hybridized carbons (Fsp3) is 0.500. The Kier molecular flexibility index (Phi) is 2.44. The molecule has 1 aliphatic rings. The second-order valence-corrected chi connectivity index (χ2v) is 5.19. The van der Waals surface area contributed by atoms with Crippen molar-refractivity contribution in [2.75, 3.05) is 11.9 Å². The Bertz CT molecular complexity index is 384. The molecule has 1 aromatic carbocycles. The normalized spacial score (nSPS) is 20.6. The highest BCUT2D eigenvalue weighted by Crippen LogP contribution is 2.36. The molecule has 1 unspecified atom stereocenters. The number of aliphatic hydroxyl groups is 1.